The molecule has 0 saturated heterocycles. The van der Waals surface area contributed by atoms with Gasteiger partial charge in [0.15, 0.2) is 6.17 Å². The summed E-state index contributed by atoms with van der Waals surface area (Å²) in [6.07, 6.45) is -5.11. The molecular formula is C10H11ClF3N. The van der Waals surface area contributed by atoms with Gasteiger partial charge in [-0.25, -0.2) is 13.2 Å². The molecule has 84 valence electrons. The Morgan fingerprint density at radius 1 is 1.07 bits per heavy atom. The van der Waals surface area contributed by atoms with Crippen LogP contribution in [0.5, 0.6) is 0 Å². The van der Waals surface area contributed by atoms with Crippen molar-refractivity contribution in [3.8, 4) is 0 Å². The van der Waals surface area contributed by atoms with Gasteiger partial charge in [-0.15, -0.1) is 12.4 Å². The van der Waals surface area contributed by atoms with Gasteiger partial charge in [-0.1, -0.05) is 18.2 Å². The number of rotatable bonds is 2. The van der Waals surface area contributed by atoms with E-state index in [0.717, 1.165) is 17.7 Å². The summed E-state index contributed by atoms with van der Waals surface area (Å²) >= 11 is 0. The minimum atomic E-state index is -2.94. The maximum Gasteiger partial charge on any atom is 0.273 e. The number of benzene rings is 1. The van der Waals surface area contributed by atoms with E-state index in [1.807, 2.05) is 0 Å². The fraction of sp³-hybridized carbons (Fsp3) is 0.400. The van der Waals surface area contributed by atoms with E-state index in [1.165, 1.54) is 12.1 Å². The summed E-state index contributed by atoms with van der Waals surface area (Å²) in [7, 11) is 0. The molecule has 1 atom stereocenters. The predicted molar refractivity (Wildman–Crippen MR) is 54.1 cm³/mol. The molecule has 2 rings (SSSR count). The Hall–Kier alpha value is -0.740. The van der Waals surface area contributed by atoms with E-state index in [-0.39, 0.29) is 18.0 Å². The summed E-state index contributed by atoms with van der Waals surface area (Å²) in [4.78, 5) is 0. The molecule has 0 radical (unpaired) electrons. The van der Waals surface area contributed by atoms with Gasteiger partial charge in [-0.2, -0.15) is 0 Å². The van der Waals surface area contributed by atoms with Gasteiger partial charge >= 0.3 is 0 Å². The Labute approximate surface area is 92.1 Å². The summed E-state index contributed by atoms with van der Waals surface area (Å²) in [6.45, 7) is 1.38. The van der Waals surface area contributed by atoms with Crippen LogP contribution in [-0.2, 0) is 13.1 Å². The Morgan fingerprint density at radius 2 is 1.73 bits per heavy atom. The van der Waals surface area contributed by atoms with Crippen LogP contribution in [0, 0.1) is 0 Å². The van der Waals surface area contributed by atoms with Crippen molar-refractivity contribution in [3.63, 3.8) is 0 Å². The molecule has 0 saturated carbocycles. The largest absolute Gasteiger partial charge is 0.309 e. The lowest BCUT2D eigenvalue weighted by Crippen LogP contribution is -2.03. The van der Waals surface area contributed by atoms with E-state index in [0.29, 0.717) is 6.54 Å². The number of hydrogen-bond acceptors (Lipinski definition) is 1. The third kappa shape index (κ3) is 2.44. The number of hydrogen-bond donors (Lipinski definition) is 1. The molecule has 1 nitrogen and oxygen atoms in total. The Kier molecular flexibility index (Phi) is 3.99. The highest BCUT2D eigenvalue weighted by molar-refractivity contribution is 5.85. The van der Waals surface area contributed by atoms with Crippen LogP contribution in [0.25, 0.3) is 0 Å². The number of fused-ring (bicyclic) bond motifs is 1. The summed E-state index contributed by atoms with van der Waals surface area (Å²) in [5, 5.41) is 3.07. The molecule has 1 aliphatic rings. The van der Waals surface area contributed by atoms with E-state index < -0.39 is 12.6 Å². The van der Waals surface area contributed by atoms with Gasteiger partial charge < -0.3 is 5.32 Å². The molecule has 0 aromatic heterocycles. The second-order valence-corrected chi connectivity index (χ2v) is 3.37. The van der Waals surface area contributed by atoms with Crippen LogP contribution < -0.4 is 5.32 Å². The van der Waals surface area contributed by atoms with Crippen molar-refractivity contribution in [1.29, 1.82) is 0 Å². The van der Waals surface area contributed by atoms with E-state index in [1.54, 1.807) is 6.07 Å². The van der Waals surface area contributed by atoms with Crippen LogP contribution in [0.15, 0.2) is 18.2 Å². The lowest BCUT2D eigenvalue weighted by atomic mass is 10.0. The quantitative estimate of drug-likeness (QED) is 0.834. The fourth-order valence-corrected chi connectivity index (χ4v) is 1.63. The topological polar surface area (TPSA) is 12.0 Å². The third-order valence-electron chi connectivity index (χ3n) is 2.40. The molecule has 1 heterocycles. The highest BCUT2D eigenvalue weighted by Gasteiger charge is 2.22. The second kappa shape index (κ2) is 4.86. The van der Waals surface area contributed by atoms with Crippen molar-refractivity contribution in [3.05, 3.63) is 34.9 Å². The standard InChI is InChI=1S/C10H10F3N.ClH/c11-9(10(12)13)6-1-2-7-4-14-5-8(7)3-6;/h1-3,9-10,14H,4-5H2;1H. The maximum absolute atomic E-state index is 13.0. The first kappa shape index (κ1) is 12.3. The summed E-state index contributed by atoms with van der Waals surface area (Å²) < 4.78 is 37.1. The van der Waals surface area contributed by atoms with Crippen LogP contribution in [0.2, 0.25) is 0 Å². The van der Waals surface area contributed by atoms with Gasteiger partial charge in [-0.05, 0) is 16.7 Å². The first-order valence-corrected chi connectivity index (χ1v) is 4.43. The minimum absolute atomic E-state index is 0. The highest BCUT2D eigenvalue weighted by atomic mass is 35.5. The molecule has 0 bridgehead atoms. The third-order valence-corrected chi connectivity index (χ3v) is 2.40. The van der Waals surface area contributed by atoms with Gasteiger partial charge in [0.05, 0.1) is 0 Å². The average Bonchev–Trinajstić information content (AvgIpc) is 2.62. The molecule has 0 fully saturated rings. The molecule has 5 heteroatoms. The molecule has 1 aromatic carbocycles. The predicted octanol–water partition coefficient (Wildman–Crippen LogP) is 2.99. The van der Waals surface area contributed by atoms with E-state index in [2.05, 4.69) is 5.32 Å². The van der Waals surface area contributed by atoms with Gasteiger partial charge in [0.2, 0.25) is 0 Å². The van der Waals surface area contributed by atoms with Crippen LogP contribution in [0.1, 0.15) is 22.9 Å². The van der Waals surface area contributed by atoms with Crippen LogP contribution in [-0.4, -0.2) is 6.43 Å². The van der Waals surface area contributed by atoms with Gasteiger partial charge in [0.1, 0.15) is 0 Å². The fourth-order valence-electron chi connectivity index (χ4n) is 1.63. The number of alkyl halides is 3. The molecule has 1 unspecified atom stereocenters. The van der Waals surface area contributed by atoms with Crippen molar-refractivity contribution >= 4 is 12.4 Å². The van der Waals surface area contributed by atoms with Gasteiger partial charge in [-0.3, -0.25) is 0 Å². The van der Waals surface area contributed by atoms with Crippen molar-refractivity contribution in [1.82, 2.24) is 5.32 Å². The zero-order valence-electron chi connectivity index (χ0n) is 7.84. The number of nitrogens with one attached hydrogen (secondary N) is 1. The summed E-state index contributed by atoms with van der Waals surface area (Å²) in [6, 6.07) is 4.66. The Bertz CT molecular complexity index is 343. The molecule has 0 amide bonds. The van der Waals surface area contributed by atoms with Gasteiger partial charge in [0.25, 0.3) is 6.43 Å². The lowest BCUT2D eigenvalue weighted by Gasteiger charge is -2.08. The molecule has 0 aliphatic carbocycles. The molecule has 1 aromatic rings. The number of halogens is 4. The van der Waals surface area contributed by atoms with Crippen LogP contribution in [0.3, 0.4) is 0 Å². The normalized spacial score (nSPS) is 16.0. The van der Waals surface area contributed by atoms with Crippen molar-refractivity contribution < 1.29 is 13.2 Å². The van der Waals surface area contributed by atoms with Crippen molar-refractivity contribution in [2.24, 2.45) is 0 Å². The molecule has 0 spiro atoms. The summed E-state index contributed by atoms with van der Waals surface area (Å²) in [5.74, 6) is 0. The first-order valence-electron chi connectivity index (χ1n) is 4.43. The summed E-state index contributed by atoms with van der Waals surface area (Å²) in [5.41, 5.74) is 2.06. The lowest BCUT2D eigenvalue weighted by molar-refractivity contribution is 0.0495. The average molecular weight is 238 g/mol. The molecule has 1 N–H and O–H groups in total. The second-order valence-electron chi connectivity index (χ2n) is 3.37. The van der Waals surface area contributed by atoms with Crippen LogP contribution in [0.4, 0.5) is 13.2 Å². The monoisotopic (exact) mass is 237 g/mol. The molecule has 15 heavy (non-hydrogen) atoms. The highest BCUT2D eigenvalue weighted by Crippen LogP contribution is 2.27. The van der Waals surface area contributed by atoms with Gasteiger partial charge in [0, 0.05) is 13.1 Å². The van der Waals surface area contributed by atoms with E-state index >= 15 is 0 Å². The smallest absolute Gasteiger partial charge is 0.273 e. The SMILES string of the molecule is Cl.FC(F)C(F)c1ccc2c(c1)CNC2. The van der Waals surface area contributed by atoms with Crippen molar-refractivity contribution in [2.75, 3.05) is 0 Å². The maximum atomic E-state index is 13.0. The van der Waals surface area contributed by atoms with E-state index in [9.17, 15) is 13.2 Å². The zero-order chi connectivity index (χ0) is 10.1. The first-order chi connectivity index (χ1) is 6.68. The molecular weight excluding hydrogens is 227 g/mol. The van der Waals surface area contributed by atoms with E-state index in [4.69, 9.17) is 0 Å². The zero-order valence-corrected chi connectivity index (χ0v) is 8.66. The molecule has 1 aliphatic heterocycles. The van der Waals surface area contributed by atoms with Crippen molar-refractivity contribution in [2.45, 2.75) is 25.7 Å². The Balaban J connectivity index is 0.00000112. The minimum Gasteiger partial charge on any atom is -0.309 e. The Morgan fingerprint density at radius 3 is 2.40 bits per heavy atom. The van der Waals surface area contributed by atoms with Crippen LogP contribution >= 0.6 is 12.4 Å².